The number of para-hydroxylation sites is 1. The second-order valence-electron chi connectivity index (χ2n) is 6.38. The number of hydrogen-bond acceptors (Lipinski definition) is 6. The molecule has 0 atom stereocenters. The minimum Gasteiger partial charge on any atom is -0.494 e. The molecule has 1 heterocycles. The molecule has 0 unspecified atom stereocenters. The molecule has 0 saturated carbocycles. The molecular formula is C21H22N2O6S. The number of carbonyl (C=O) groups is 2. The quantitative estimate of drug-likeness (QED) is 0.378. The molecule has 8 nitrogen and oxygen atoms in total. The Hall–Kier alpha value is -3.17. The molecule has 30 heavy (non-hydrogen) atoms. The highest BCUT2D eigenvalue weighted by Crippen LogP contribution is 2.18. The largest absolute Gasteiger partial charge is 0.494 e. The van der Waals surface area contributed by atoms with Crippen molar-refractivity contribution in [1.82, 2.24) is 9.71 Å². The van der Waals surface area contributed by atoms with E-state index >= 15 is 0 Å². The Labute approximate surface area is 174 Å². The fourth-order valence-corrected chi connectivity index (χ4v) is 3.88. The van der Waals surface area contributed by atoms with Crippen LogP contribution in [0.4, 0.5) is 0 Å². The van der Waals surface area contributed by atoms with Gasteiger partial charge in [-0.2, -0.15) is 0 Å². The van der Waals surface area contributed by atoms with Crippen molar-refractivity contribution in [2.45, 2.75) is 18.2 Å². The van der Waals surface area contributed by atoms with Crippen molar-refractivity contribution in [3.05, 3.63) is 60.3 Å². The molecule has 1 aromatic heterocycles. The van der Waals surface area contributed by atoms with Crippen LogP contribution in [0.2, 0.25) is 0 Å². The summed E-state index contributed by atoms with van der Waals surface area (Å²) in [4.78, 5) is 27.2. The Morgan fingerprint density at radius 2 is 1.80 bits per heavy atom. The smallest absolute Gasteiger partial charge is 0.307 e. The summed E-state index contributed by atoms with van der Waals surface area (Å²) in [5.41, 5.74) is 1.26. The van der Waals surface area contributed by atoms with Gasteiger partial charge in [-0.15, -0.1) is 0 Å². The number of ether oxygens (including phenoxy) is 2. The van der Waals surface area contributed by atoms with Crippen LogP contribution < -0.4 is 9.46 Å². The predicted molar refractivity (Wildman–Crippen MR) is 111 cm³/mol. The maximum atomic E-state index is 12.3. The Kier molecular flexibility index (Phi) is 6.86. The molecule has 3 rings (SSSR count). The lowest BCUT2D eigenvalue weighted by molar-refractivity contribution is -0.142. The van der Waals surface area contributed by atoms with Gasteiger partial charge in [0.1, 0.15) is 5.75 Å². The van der Waals surface area contributed by atoms with Crippen LogP contribution in [0.15, 0.2) is 59.6 Å². The van der Waals surface area contributed by atoms with Crippen LogP contribution in [0.1, 0.15) is 23.7 Å². The molecule has 0 aliphatic heterocycles. The fourth-order valence-electron chi connectivity index (χ4n) is 2.85. The second kappa shape index (κ2) is 9.55. The van der Waals surface area contributed by atoms with E-state index in [0.717, 1.165) is 10.9 Å². The third-order valence-electron chi connectivity index (χ3n) is 4.32. The minimum absolute atomic E-state index is 0.0637. The van der Waals surface area contributed by atoms with Gasteiger partial charge in [0, 0.05) is 29.2 Å². The molecular weight excluding hydrogens is 408 g/mol. The normalized spacial score (nSPS) is 11.4. The highest BCUT2D eigenvalue weighted by molar-refractivity contribution is 7.89. The van der Waals surface area contributed by atoms with E-state index in [1.165, 1.54) is 12.1 Å². The summed E-state index contributed by atoms with van der Waals surface area (Å²) in [6.07, 6.45) is 1.38. The van der Waals surface area contributed by atoms with Crippen LogP contribution in [0.3, 0.4) is 0 Å². The number of aromatic amines is 1. The van der Waals surface area contributed by atoms with E-state index in [2.05, 4.69) is 9.71 Å². The molecule has 0 aliphatic carbocycles. The van der Waals surface area contributed by atoms with Crippen LogP contribution in [0.5, 0.6) is 5.75 Å². The van der Waals surface area contributed by atoms with Gasteiger partial charge in [0.05, 0.1) is 17.9 Å². The first-order chi connectivity index (χ1) is 14.4. The average Bonchev–Trinajstić information content (AvgIpc) is 3.17. The van der Waals surface area contributed by atoms with Crippen molar-refractivity contribution >= 4 is 32.7 Å². The zero-order valence-electron chi connectivity index (χ0n) is 16.4. The van der Waals surface area contributed by atoms with Gasteiger partial charge < -0.3 is 14.5 Å². The number of ketones is 1. The summed E-state index contributed by atoms with van der Waals surface area (Å²) < 4.78 is 37.1. The summed E-state index contributed by atoms with van der Waals surface area (Å²) >= 11 is 0. The van der Waals surface area contributed by atoms with E-state index in [1.54, 1.807) is 24.4 Å². The Morgan fingerprint density at radius 3 is 2.53 bits per heavy atom. The molecule has 0 amide bonds. The Morgan fingerprint density at radius 1 is 1.07 bits per heavy atom. The third-order valence-corrected chi connectivity index (χ3v) is 5.80. The number of esters is 1. The predicted octanol–water partition coefficient (Wildman–Crippen LogP) is 2.66. The Bertz CT molecular complexity index is 1140. The van der Waals surface area contributed by atoms with Gasteiger partial charge in [0.2, 0.25) is 15.8 Å². The van der Waals surface area contributed by atoms with Gasteiger partial charge in [-0.1, -0.05) is 18.2 Å². The number of fused-ring (bicyclic) bond motifs is 1. The van der Waals surface area contributed by atoms with Crippen LogP contribution in [-0.2, 0) is 19.6 Å². The first-order valence-corrected chi connectivity index (χ1v) is 10.9. The van der Waals surface area contributed by atoms with Gasteiger partial charge in [-0.25, -0.2) is 13.1 Å². The van der Waals surface area contributed by atoms with E-state index in [9.17, 15) is 18.0 Å². The standard InChI is InChI=1S/C21H22N2O6S/c1-2-28-15-7-9-16(10-8-15)30(26,27)23-12-11-21(25)29-14-20(24)18-13-22-19-6-4-3-5-17(18)19/h3-10,13,22-23H,2,11-12,14H2,1H3. The van der Waals surface area contributed by atoms with Crippen molar-refractivity contribution in [2.24, 2.45) is 0 Å². The van der Waals surface area contributed by atoms with Crippen LogP contribution in [0, 0.1) is 0 Å². The van der Waals surface area contributed by atoms with Gasteiger partial charge >= 0.3 is 5.97 Å². The number of H-pyrrole nitrogens is 1. The van der Waals surface area contributed by atoms with Gasteiger partial charge in [0.25, 0.3) is 0 Å². The molecule has 158 valence electrons. The van der Waals surface area contributed by atoms with E-state index in [-0.39, 0.29) is 23.6 Å². The SMILES string of the molecule is CCOc1ccc(S(=O)(=O)NCCC(=O)OCC(=O)c2c[nH]c3ccccc23)cc1. The van der Waals surface area contributed by atoms with E-state index < -0.39 is 22.6 Å². The number of benzene rings is 2. The van der Waals surface area contributed by atoms with Gasteiger partial charge in [-0.3, -0.25) is 9.59 Å². The summed E-state index contributed by atoms with van der Waals surface area (Å²) in [5, 5.41) is 0.752. The van der Waals surface area contributed by atoms with Crippen molar-refractivity contribution in [2.75, 3.05) is 19.8 Å². The van der Waals surface area contributed by atoms with Crippen molar-refractivity contribution in [1.29, 1.82) is 0 Å². The van der Waals surface area contributed by atoms with Crippen molar-refractivity contribution in [3.63, 3.8) is 0 Å². The minimum atomic E-state index is -3.76. The maximum absolute atomic E-state index is 12.3. The highest BCUT2D eigenvalue weighted by Gasteiger charge is 2.16. The lowest BCUT2D eigenvalue weighted by Crippen LogP contribution is -2.27. The molecule has 0 bridgehead atoms. The lowest BCUT2D eigenvalue weighted by Gasteiger charge is -2.08. The first-order valence-electron chi connectivity index (χ1n) is 9.38. The molecule has 2 aromatic carbocycles. The highest BCUT2D eigenvalue weighted by atomic mass is 32.2. The van der Waals surface area contributed by atoms with Crippen LogP contribution in [0.25, 0.3) is 10.9 Å². The molecule has 3 aromatic rings. The van der Waals surface area contributed by atoms with Crippen LogP contribution >= 0.6 is 0 Å². The van der Waals surface area contributed by atoms with Gasteiger partial charge in [-0.05, 0) is 37.3 Å². The number of Topliss-reactive ketones (excluding diaryl/α,β-unsaturated/α-hetero) is 1. The number of nitrogens with one attached hydrogen (secondary N) is 2. The van der Waals surface area contributed by atoms with Gasteiger partial charge in [0.15, 0.2) is 6.61 Å². The Balaban J connectivity index is 1.46. The number of hydrogen-bond donors (Lipinski definition) is 2. The topological polar surface area (TPSA) is 115 Å². The summed E-state index contributed by atoms with van der Waals surface area (Å²) in [7, 11) is -3.76. The zero-order valence-corrected chi connectivity index (χ0v) is 17.2. The molecule has 0 aliphatic rings. The molecule has 0 radical (unpaired) electrons. The van der Waals surface area contributed by atoms with E-state index in [1.807, 2.05) is 25.1 Å². The van der Waals surface area contributed by atoms with E-state index in [0.29, 0.717) is 17.9 Å². The number of rotatable bonds is 10. The molecule has 0 fully saturated rings. The molecule has 2 N–H and O–H groups in total. The second-order valence-corrected chi connectivity index (χ2v) is 8.15. The monoisotopic (exact) mass is 430 g/mol. The number of sulfonamides is 1. The number of aromatic nitrogens is 1. The van der Waals surface area contributed by atoms with Crippen molar-refractivity contribution < 1.29 is 27.5 Å². The summed E-state index contributed by atoms with van der Waals surface area (Å²) in [6.45, 7) is 1.76. The first kappa shape index (κ1) is 21.5. The van der Waals surface area contributed by atoms with E-state index in [4.69, 9.17) is 9.47 Å². The fraction of sp³-hybridized carbons (Fsp3) is 0.238. The van der Waals surface area contributed by atoms with Crippen molar-refractivity contribution in [3.8, 4) is 5.75 Å². The average molecular weight is 430 g/mol. The maximum Gasteiger partial charge on any atom is 0.307 e. The molecule has 9 heteroatoms. The van der Waals surface area contributed by atoms with Crippen LogP contribution in [-0.4, -0.2) is 44.9 Å². The molecule has 0 spiro atoms. The number of carbonyl (C=O) groups excluding carboxylic acids is 2. The summed E-state index contributed by atoms with van der Waals surface area (Å²) in [6, 6.07) is 13.3. The summed E-state index contributed by atoms with van der Waals surface area (Å²) in [5.74, 6) is -0.437. The lowest BCUT2D eigenvalue weighted by atomic mass is 10.1. The zero-order chi connectivity index (χ0) is 21.6. The third kappa shape index (κ3) is 5.25. The molecule has 0 saturated heterocycles.